The summed E-state index contributed by atoms with van der Waals surface area (Å²) in [7, 11) is 0. The van der Waals surface area contributed by atoms with E-state index in [1.165, 1.54) is 11.5 Å². The normalized spacial score (nSPS) is 34.5. The Hall–Kier alpha value is -0.200. The van der Waals surface area contributed by atoms with Crippen molar-refractivity contribution in [3.05, 3.63) is 11.7 Å². The summed E-state index contributed by atoms with van der Waals surface area (Å²) in [5.74, 6) is 4.19. The molecular formula is C14H23N3OS2. The molecule has 0 radical (unpaired) electrons. The van der Waals surface area contributed by atoms with Gasteiger partial charge in [-0.1, -0.05) is 25.4 Å². The zero-order valence-electron chi connectivity index (χ0n) is 12.2. The molecule has 112 valence electrons. The van der Waals surface area contributed by atoms with E-state index in [4.69, 9.17) is 9.51 Å². The van der Waals surface area contributed by atoms with Crippen LogP contribution in [0.15, 0.2) is 4.52 Å². The molecule has 0 amide bonds. The lowest BCUT2D eigenvalue weighted by Gasteiger charge is -2.25. The summed E-state index contributed by atoms with van der Waals surface area (Å²) >= 11 is 3.99. The van der Waals surface area contributed by atoms with Crippen molar-refractivity contribution in [2.24, 2.45) is 0 Å². The molecule has 2 aliphatic heterocycles. The highest BCUT2D eigenvalue weighted by Gasteiger charge is 2.41. The van der Waals surface area contributed by atoms with Crippen LogP contribution >= 0.6 is 23.5 Å². The van der Waals surface area contributed by atoms with Crippen LogP contribution in [0.1, 0.15) is 50.1 Å². The van der Waals surface area contributed by atoms with Crippen molar-refractivity contribution in [2.45, 2.75) is 49.0 Å². The molecule has 20 heavy (non-hydrogen) atoms. The summed E-state index contributed by atoms with van der Waals surface area (Å²) in [5.41, 5.74) is 0.0791. The highest BCUT2D eigenvalue weighted by atomic mass is 32.2. The topological polar surface area (TPSA) is 51.0 Å². The number of hydrogen-bond donors (Lipinski definition) is 1. The molecule has 1 aromatic rings. The van der Waals surface area contributed by atoms with Gasteiger partial charge >= 0.3 is 0 Å². The first-order valence-electron chi connectivity index (χ1n) is 7.53. The summed E-state index contributed by atoms with van der Waals surface area (Å²) in [4.78, 5) is 4.81. The lowest BCUT2D eigenvalue weighted by molar-refractivity contribution is 0.275. The maximum Gasteiger partial charge on any atom is 0.234 e. The average molecular weight is 313 g/mol. The fourth-order valence-corrected chi connectivity index (χ4v) is 5.89. The molecule has 0 aliphatic carbocycles. The maximum absolute atomic E-state index is 5.68. The van der Waals surface area contributed by atoms with Crippen LogP contribution < -0.4 is 5.32 Å². The monoisotopic (exact) mass is 313 g/mol. The fraction of sp³-hybridized carbons (Fsp3) is 0.857. The van der Waals surface area contributed by atoms with Crippen LogP contribution in [0.4, 0.5) is 0 Å². The molecule has 2 fully saturated rings. The number of nitrogens with zero attached hydrogens (tertiary/aromatic N) is 2. The molecule has 1 N–H and O–H groups in total. The molecule has 3 heterocycles. The van der Waals surface area contributed by atoms with Crippen LogP contribution in [-0.4, -0.2) is 40.0 Å². The molecule has 1 aromatic heterocycles. The number of rotatable bonds is 4. The van der Waals surface area contributed by atoms with E-state index >= 15 is 0 Å². The third-order valence-electron chi connectivity index (χ3n) is 4.31. The summed E-state index contributed by atoms with van der Waals surface area (Å²) in [6, 6.07) is 0. The summed E-state index contributed by atoms with van der Waals surface area (Å²) < 4.78 is 5.68. The van der Waals surface area contributed by atoms with E-state index < -0.39 is 0 Å². The number of hydrogen-bond acceptors (Lipinski definition) is 6. The SMILES string of the molecule is CCCC1(c2nc(C3SCCSC3C)no2)CCNC1. The van der Waals surface area contributed by atoms with Crippen molar-refractivity contribution in [3.8, 4) is 0 Å². The van der Waals surface area contributed by atoms with E-state index in [2.05, 4.69) is 24.3 Å². The molecule has 2 saturated heterocycles. The molecule has 0 spiro atoms. The van der Waals surface area contributed by atoms with E-state index in [9.17, 15) is 0 Å². The van der Waals surface area contributed by atoms with Crippen molar-refractivity contribution in [1.82, 2.24) is 15.5 Å². The largest absolute Gasteiger partial charge is 0.339 e. The lowest BCUT2D eigenvalue weighted by atomic mass is 9.82. The minimum atomic E-state index is 0.0791. The van der Waals surface area contributed by atoms with Crippen LogP contribution in [0, 0.1) is 0 Å². The first-order valence-corrected chi connectivity index (χ1v) is 9.63. The first kappa shape index (κ1) is 14.7. The third-order valence-corrected chi connectivity index (χ3v) is 7.40. The van der Waals surface area contributed by atoms with Crippen LogP contribution in [0.5, 0.6) is 0 Å². The standard InChI is InChI=1S/C14H23N3OS2/c1-3-4-14(5-6-15-9-14)13-16-12(17-18-13)11-10(2)19-7-8-20-11/h10-11,15H,3-9H2,1-2H3. The van der Waals surface area contributed by atoms with Gasteiger partial charge in [-0.3, -0.25) is 0 Å². The predicted molar refractivity (Wildman–Crippen MR) is 85.5 cm³/mol. The highest BCUT2D eigenvalue weighted by Crippen LogP contribution is 2.42. The highest BCUT2D eigenvalue weighted by molar-refractivity contribution is 8.06. The molecule has 0 bridgehead atoms. The summed E-state index contributed by atoms with van der Waals surface area (Å²) in [6.07, 6.45) is 3.40. The van der Waals surface area contributed by atoms with E-state index in [0.29, 0.717) is 10.5 Å². The van der Waals surface area contributed by atoms with E-state index in [1.807, 2.05) is 23.5 Å². The quantitative estimate of drug-likeness (QED) is 0.922. The molecule has 4 nitrogen and oxygen atoms in total. The Morgan fingerprint density at radius 2 is 2.25 bits per heavy atom. The van der Waals surface area contributed by atoms with Crippen molar-refractivity contribution < 1.29 is 4.52 Å². The first-order chi connectivity index (χ1) is 9.75. The Balaban J connectivity index is 1.81. The predicted octanol–water partition coefficient (Wildman–Crippen LogP) is 3.01. The van der Waals surface area contributed by atoms with Gasteiger partial charge < -0.3 is 9.84 Å². The van der Waals surface area contributed by atoms with E-state index in [0.717, 1.165) is 44.1 Å². The number of nitrogens with one attached hydrogen (secondary N) is 1. The summed E-state index contributed by atoms with van der Waals surface area (Å²) in [6.45, 7) is 6.54. The summed E-state index contributed by atoms with van der Waals surface area (Å²) in [5, 5.41) is 8.73. The Morgan fingerprint density at radius 3 is 2.95 bits per heavy atom. The van der Waals surface area contributed by atoms with Crippen LogP contribution in [0.2, 0.25) is 0 Å². The van der Waals surface area contributed by atoms with E-state index in [-0.39, 0.29) is 5.41 Å². The Kier molecular flexibility index (Phi) is 4.62. The van der Waals surface area contributed by atoms with Gasteiger partial charge in [0.05, 0.1) is 10.7 Å². The fourth-order valence-electron chi connectivity index (χ4n) is 3.21. The Labute approximate surface area is 129 Å². The second kappa shape index (κ2) is 6.28. The number of thioether (sulfide) groups is 2. The van der Waals surface area contributed by atoms with Gasteiger partial charge in [0.1, 0.15) is 0 Å². The van der Waals surface area contributed by atoms with Gasteiger partial charge in [-0.25, -0.2) is 0 Å². The van der Waals surface area contributed by atoms with Gasteiger partial charge in [0, 0.05) is 23.3 Å². The smallest absolute Gasteiger partial charge is 0.234 e. The molecule has 0 aromatic carbocycles. The zero-order valence-corrected chi connectivity index (χ0v) is 13.9. The van der Waals surface area contributed by atoms with Crippen molar-refractivity contribution in [3.63, 3.8) is 0 Å². The van der Waals surface area contributed by atoms with Gasteiger partial charge in [0.25, 0.3) is 0 Å². The van der Waals surface area contributed by atoms with Crippen molar-refractivity contribution in [1.29, 1.82) is 0 Å². The Bertz CT molecular complexity index is 445. The molecular weight excluding hydrogens is 290 g/mol. The molecule has 3 rings (SSSR count). The van der Waals surface area contributed by atoms with Gasteiger partial charge in [-0.2, -0.15) is 16.7 Å². The van der Waals surface area contributed by atoms with Gasteiger partial charge in [-0.05, 0) is 19.4 Å². The third kappa shape index (κ3) is 2.74. The molecule has 3 unspecified atom stereocenters. The minimum Gasteiger partial charge on any atom is -0.339 e. The second-order valence-electron chi connectivity index (χ2n) is 5.78. The van der Waals surface area contributed by atoms with Crippen LogP contribution in [0.25, 0.3) is 0 Å². The average Bonchev–Trinajstić information content (AvgIpc) is 3.09. The lowest BCUT2D eigenvalue weighted by Crippen LogP contribution is -2.29. The van der Waals surface area contributed by atoms with Crippen molar-refractivity contribution in [2.75, 3.05) is 24.6 Å². The molecule has 3 atom stereocenters. The number of aromatic nitrogens is 2. The van der Waals surface area contributed by atoms with Crippen LogP contribution in [0.3, 0.4) is 0 Å². The minimum absolute atomic E-state index is 0.0791. The Morgan fingerprint density at radius 1 is 1.40 bits per heavy atom. The molecule has 0 saturated carbocycles. The second-order valence-corrected chi connectivity index (χ2v) is 8.52. The van der Waals surface area contributed by atoms with Gasteiger partial charge in [0.2, 0.25) is 5.89 Å². The van der Waals surface area contributed by atoms with Gasteiger partial charge in [-0.15, -0.1) is 11.8 Å². The van der Waals surface area contributed by atoms with Crippen molar-refractivity contribution >= 4 is 23.5 Å². The zero-order chi connectivity index (χ0) is 14.0. The molecule has 2 aliphatic rings. The molecule has 6 heteroatoms. The van der Waals surface area contributed by atoms with Gasteiger partial charge in [0.15, 0.2) is 5.82 Å². The van der Waals surface area contributed by atoms with Crippen LogP contribution in [-0.2, 0) is 5.41 Å². The van der Waals surface area contributed by atoms with E-state index in [1.54, 1.807) is 0 Å². The maximum atomic E-state index is 5.68.